The van der Waals surface area contributed by atoms with Crippen molar-refractivity contribution >= 4 is 37.5 Å². The average molecular weight is 368 g/mol. The van der Waals surface area contributed by atoms with Crippen LogP contribution in [-0.2, 0) is 9.84 Å². The number of hydrogen-bond donors (Lipinski definition) is 0. The van der Waals surface area contributed by atoms with E-state index in [1.54, 1.807) is 17.8 Å². The van der Waals surface area contributed by atoms with Crippen LogP contribution in [0.3, 0.4) is 0 Å². The van der Waals surface area contributed by atoms with Crippen LogP contribution in [0.2, 0.25) is 0 Å². The standard InChI is InChI=1S/C4H7NO2S.C4H7NS.C3H4BrN/c1-8(6,7)4-2-3-5;1-6-4-2-3-5;4-2-1-3-5/h2,4H2,1H3;2,4H2,1H3;1-2H2. The van der Waals surface area contributed by atoms with Gasteiger partial charge < -0.3 is 0 Å². The van der Waals surface area contributed by atoms with Crippen molar-refractivity contribution in [2.24, 2.45) is 0 Å². The molecular weight excluding hydrogens is 350 g/mol. The maximum absolute atomic E-state index is 10.2. The predicted octanol–water partition coefficient (Wildman–Crippen LogP) is 2.50. The van der Waals surface area contributed by atoms with E-state index in [9.17, 15) is 8.42 Å². The molecule has 0 atom stereocenters. The molecule has 0 bridgehead atoms. The van der Waals surface area contributed by atoms with E-state index in [4.69, 9.17) is 15.8 Å². The molecule has 0 aliphatic heterocycles. The average Bonchev–Trinajstić information content (AvgIpc) is 2.35. The molecular formula is C11H18BrN3O2S2. The highest BCUT2D eigenvalue weighted by Gasteiger charge is 1.98. The van der Waals surface area contributed by atoms with Gasteiger partial charge in [0.15, 0.2) is 0 Å². The Bertz CT molecular complexity index is 405. The lowest BCUT2D eigenvalue weighted by atomic mass is 10.6. The number of alkyl halides is 1. The van der Waals surface area contributed by atoms with Crippen molar-refractivity contribution in [2.45, 2.75) is 19.3 Å². The van der Waals surface area contributed by atoms with E-state index in [0.29, 0.717) is 12.8 Å². The summed E-state index contributed by atoms with van der Waals surface area (Å²) in [5.74, 6) is 0.944. The lowest BCUT2D eigenvalue weighted by Gasteiger charge is -1.85. The van der Waals surface area contributed by atoms with Crippen molar-refractivity contribution in [3.8, 4) is 18.2 Å². The lowest BCUT2D eigenvalue weighted by molar-refractivity contribution is 0.601. The van der Waals surface area contributed by atoms with Crippen molar-refractivity contribution in [3.05, 3.63) is 0 Å². The number of halogens is 1. The summed E-state index contributed by atoms with van der Waals surface area (Å²) in [5, 5.41) is 24.4. The number of rotatable bonds is 5. The third kappa shape index (κ3) is 46.9. The molecule has 0 aliphatic carbocycles. The molecule has 0 heterocycles. The van der Waals surface area contributed by atoms with E-state index in [-0.39, 0.29) is 12.2 Å². The van der Waals surface area contributed by atoms with Gasteiger partial charge in [0.05, 0.1) is 24.0 Å². The van der Waals surface area contributed by atoms with Crippen LogP contribution in [0.15, 0.2) is 0 Å². The van der Waals surface area contributed by atoms with Crippen LogP contribution in [-0.4, -0.2) is 37.8 Å². The summed E-state index contributed by atoms with van der Waals surface area (Å²) in [6, 6.07) is 5.76. The first-order valence-corrected chi connectivity index (χ1v) is 9.80. The van der Waals surface area contributed by atoms with Crippen LogP contribution in [0.4, 0.5) is 0 Å². The van der Waals surface area contributed by atoms with Gasteiger partial charge in [-0.05, 0) is 6.26 Å². The molecule has 0 fully saturated rings. The second kappa shape index (κ2) is 19.6. The van der Waals surface area contributed by atoms with Crippen molar-refractivity contribution in [1.29, 1.82) is 15.8 Å². The molecule has 0 unspecified atom stereocenters. The quantitative estimate of drug-likeness (QED) is 0.545. The highest BCUT2D eigenvalue weighted by Crippen LogP contribution is 1.91. The van der Waals surface area contributed by atoms with Crippen LogP contribution in [0.5, 0.6) is 0 Å². The van der Waals surface area contributed by atoms with Crippen molar-refractivity contribution < 1.29 is 8.42 Å². The fourth-order valence-electron chi connectivity index (χ4n) is 0.421. The summed E-state index contributed by atoms with van der Waals surface area (Å²) in [4.78, 5) is 0. The van der Waals surface area contributed by atoms with Crippen molar-refractivity contribution in [3.63, 3.8) is 0 Å². The van der Waals surface area contributed by atoms with Gasteiger partial charge in [0.2, 0.25) is 0 Å². The van der Waals surface area contributed by atoms with Gasteiger partial charge in [-0.3, -0.25) is 0 Å². The smallest absolute Gasteiger partial charge is 0.148 e. The minimum absolute atomic E-state index is 0.0243. The summed E-state index contributed by atoms with van der Waals surface area (Å²) < 4.78 is 20.5. The molecule has 108 valence electrons. The Kier molecular flexibility index (Phi) is 24.1. The van der Waals surface area contributed by atoms with Gasteiger partial charge in [-0.15, -0.1) is 0 Å². The van der Waals surface area contributed by atoms with Gasteiger partial charge in [0.25, 0.3) is 0 Å². The predicted molar refractivity (Wildman–Crippen MR) is 82.6 cm³/mol. The van der Waals surface area contributed by atoms with E-state index in [1.165, 1.54) is 0 Å². The zero-order chi connectivity index (χ0) is 15.6. The summed E-state index contributed by atoms with van der Waals surface area (Å²) in [5.41, 5.74) is 0. The molecule has 0 N–H and O–H groups in total. The summed E-state index contributed by atoms with van der Waals surface area (Å²) in [6.07, 6.45) is 4.50. The molecule has 0 aromatic carbocycles. The minimum atomic E-state index is -2.91. The van der Waals surface area contributed by atoms with Gasteiger partial charge in [-0.2, -0.15) is 27.5 Å². The SMILES string of the molecule is CS(=O)(=O)CCC#N.CSCCC#N.N#CCCBr. The number of hydrogen-bond acceptors (Lipinski definition) is 6. The van der Waals surface area contributed by atoms with Gasteiger partial charge in [-0.1, -0.05) is 15.9 Å². The Morgan fingerprint density at radius 3 is 1.63 bits per heavy atom. The molecule has 0 saturated heterocycles. The Hall–Kier alpha value is -0.750. The molecule has 0 aromatic rings. The van der Waals surface area contributed by atoms with E-state index >= 15 is 0 Å². The van der Waals surface area contributed by atoms with Crippen LogP contribution in [0.1, 0.15) is 19.3 Å². The first-order valence-electron chi connectivity index (χ1n) is 5.23. The first-order chi connectivity index (χ1) is 8.89. The van der Waals surface area contributed by atoms with E-state index in [2.05, 4.69) is 15.9 Å². The molecule has 19 heavy (non-hydrogen) atoms. The molecule has 5 nitrogen and oxygen atoms in total. The molecule has 0 rings (SSSR count). The van der Waals surface area contributed by atoms with Crippen molar-refractivity contribution in [1.82, 2.24) is 0 Å². The summed E-state index contributed by atoms with van der Waals surface area (Å²) >= 11 is 4.79. The normalized spacial score (nSPS) is 8.42. The fraction of sp³-hybridized carbons (Fsp3) is 0.727. The second-order valence-corrected chi connectivity index (χ2v) is 7.07. The van der Waals surface area contributed by atoms with Crippen molar-refractivity contribution in [2.75, 3.05) is 29.3 Å². The largest absolute Gasteiger partial charge is 0.229 e. The Morgan fingerprint density at radius 2 is 1.53 bits per heavy atom. The zero-order valence-corrected chi connectivity index (χ0v) is 14.3. The van der Waals surface area contributed by atoms with Gasteiger partial charge >= 0.3 is 0 Å². The number of thioether (sulfide) groups is 1. The molecule has 0 amide bonds. The highest BCUT2D eigenvalue weighted by molar-refractivity contribution is 9.09. The number of nitriles is 3. The molecule has 0 radical (unpaired) electrons. The van der Waals surface area contributed by atoms with Gasteiger partial charge in [-0.25, -0.2) is 8.42 Å². The minimum Gasteiger partial charge on any atom is -0.229 e. The zero-order valence-electron chi connectivity index (χ0n) is 11.1. The summed E-state index contributed by atoms with van der Waals surface area (Å²) in [7, 11) is -2.91. The Labute approximate surface area is 128 Å². The molecule has 0 spiro atoms. The van der Waals surface area contributed by atoms with E-state index in [1.807, 2.05) is 18.4 Å². The maximum Gasteiger partial charge on any atom is 0.148 e. The fourth-order valence-corrected chi connectivity index (χ4v) is 1.36. The van der Waals surface area contributed by atoms with Crippen LogP contribution >= 0.6 is 27.7 Å². The van der Waals surface area contributed by atoms with Gasteiger partial charge in [0, 0.05) is 36.6 Å². The molecule has 8 heteroatoms. The topological polar surface area (TPSA) is 106 Å². The third-order valence-corrected chi connectivity index (χ3v) is 3.16. The monoisotopic (exact) mass is 367 g/mol. The van der Waals surface area contributed by atoms with E-state index in [0.717, 1.165) is 17.3 Å². The Morgan fingerprint density at radius 1 is 1.05 bits per heavy atom. The third-order valence-electron chi connectivity index (χ3n) is 1.21. The van der Waals surface area contributed by atoms with Crippen LogP contribution in [0, 0.1) is 34.0 Å². The van der Waals surface area contributed by atoms with E-state index < -0.39 is 9.84 Å². The highest BCUT2D eigenvalue weighted by atomic mass is 79.9. The second-order valence-electron chi connectivity index (χ2n) is 3.04. The number of nitrogens with zero attached hydrogens (tertiary/aromatic N) is 3. The lowest BCUT2D eigenvalue weighted by Crippen LogP contribution is -2.00. The summed E-state index contributed by atoms with van der Waals surface area (Å²) in [6.45, 7) is 0. The van der Waals surface area contributed by atoms with Crippen LogP contribution in [0.25, 0.3) is 0 Å². The first kappa shape index (κ1) is 23.4. The molecule has 0 saturated carbocycles. The molecule has 0 aliphatic rings. The molecule has 0 aromatic heterocycles. The van der Waals surface area contributed by atoms with Crippen LogP contribution < -0.4 is 0 Å². The number of sulfone groups is 1. The van der Waals surface area contributed by atoms with Gasteiger partial charge in [0.1, 0.15) is 9.84 Å². The maximum atomic E-state index is 10.2. The Balaban J connectivity index is -0.000000209.